The Morgan fingerprint density at radius 1 is 1.45 bits per heavy atom. The van der Waals surface area contributed by atoms with Gasteiger partial charge in [0.1, 0.15) is 5.82 Å². The van der Waals surface area contributed by atoms with Crippen molar-refractivity contribution in [1.29, 1.82) is 0 Å². The number of halogens is 2. The topological polar surface area (TPSA) is 80.9 Å². The molecule has 1 heterocycles. The zero-order valence-electron chi connectivity index (χ0n) is 10.8. The molecule has 0 saturated heterocycles. The molecule has 0 saturated carbocycles. The van der Waals surface area contributed by atoms with Crippen LogP contribution in [0.25, 0.3) is 11.4 Å². The van der Waals surface area contributed by atoms with Crippen LogP contribution in [0.5, 0.6) is 0 Å². The minimum atomic E-state index is -0.954. The Kier molecular flexibility index (Phi) is 3.99. The van der Waals surface area contributed by atoms with Crippen LogP contribution in [0.3, 0.4) is 0 Å². The Morgan fingerprint density at radius 3 is 2.75 bits per heavy atom. The standard InChI is InChI=1S/C12H12ClFN4O2/c1-6(12(19)20)7(2)18-11(15-16-17-18)9-4-3-8(14)5-10(9)13/h3-7H,1-2H3,(H,19,20). The zero-order chi connectivity index (χ0) is 14.9. The van der Waals surface area contributed by atoms with Crippen molar-refractivity contribution in [2.24, 2.45) is 5.92 Å². The predicted molar refractivity (Wildman–Crippen MR) is 69.7 cm³/mol. The number of aliphatic carboxylic acids is 1. The van der Waals surface area contributed by atoms with Crippen molar-refractivity contribution < 1.29 is 14.3 Å². The lowest BCUT2D eigenvalue weighted by molar-refractivity contribution is -0.142. The van der Waals surface area contributed by atoms with Crippen molar-refractivity contribution in [2.75, 3.05) is 0 Å². The van der Waals surface area contributed by atoms with Crippen molar-refractivity contribution in [3.8, 4) is 11.4 Å². The lowest BCUT2D eigenvalue weighted by Gasteiger charge is -2.17. The first-order valence-electron chi connectivity index (χ1n) is 5.88. The zero-order valence-corrected chi connectivity index (χ0v) is 11.5. The molecule has 6 nitrogen and oxygen atoms in total. The van der Waals surface area contributed by atoms with Crippen LogP contribution in [0, 0.1) is 11.7 Å². The van der Waals surface area contributed by atoms with Crippen LogP contribution in [-0.4, -0.2) is 31.3 Å². The molecule has 106 valence electrons. The third-order valence-corrected chi connectivity index (χ3v) is 3.48. The van der Waals surface area contributed by atoms with Gasteiger partial charge in [-0.2, -0.15) is 0 Å². The molecule has 2 aromatic rings. The number of hydrogen-bond acceptors (Lipinski definition) is 4. The van der Waals surface area contributed by atoms with Crippen LogP contribution >= 0.6 is 11.6 Å². The molecular formula is C12H12ClFN4O2. The number of carboxylic acid groups (broad SMARTS) is 1. The number of carbonyl (C=O) groups is 1. The highest BCUT2D eigenvalue weighted by Crippen LogP contribution is 2.29. The van der Waals surface area contributed by atoms with E-state index in [0.717, 1.165) is 6.07 Å². The average Bonchev–Trinajstić information content (AvgIpc) is 2.85. The van der Waals surface area contributed by atoms with Crippen LogP contribution in [0.1, 0.15) is 19.9 Å². The van der Waals surface area contributed by atoms with Crippen molar-refractivity contribution in [3.63, 3.8) is 0 Å². The number of aromatic nitrogens is 4. The second-order valence-electron chi connectivity index (χ2n) is 4.44. The maximum Gasteiger partial charge on any atom is 0.308 e. The summed E-state index contributed by atoms with van der Waals surface area (Å²) in [5, 5.41) is 20.4. The molecule has 0 radical (unpaired) electrons. The normalized spacial score (nSPS) is 14.0. The molecule has 0 aliphatic rings. The van der Waals surface area contributed by atoms with E-state index in [1.165, 1.54) is 16.8 Å². The van der Waals surface area contributed by atoms with Gasteiger partial charge >= 0.3 is 5.97 Å². The first-order chi connectivity index (χ1) is 9.41. The van der Waals surface area contributed by atoms with E-state index in [0.29, 0.717) is 11.4 Å². The van der Waals surface area contributed by atoms with Gasteiger partial charge in [-0.15, -0.1) is 5.10 Å². The number of rotatable bonds is 4. The van der Waals surface area contributed by atoms with E-state index in [9.17, 15) is 9.18 Å². The highest BCUT2D eigenvalue weighted by molar-refractivity contribution is 6.33. The molecule has 0 fully saturated rings. The van der Waals surface area contributed by atoms with Gasteiger partial charge in [0.25, 0.3) is 0 Å². The summed E-state index contributed by atoms with van der Waals surface area (Å²) in [5.74, 6) is -1.80. The summed E-state index contributed by atoms with van der Waals surface area (Å²) < 4.78 is 14.4. The van der Waals surface area contributed by atoms with Gasteiger partial charge in [-0.3, -0.25) is 4.79 Å². The van der Waals surface area contributed by atoms with Crippen molar-refractivity contribution in [3.05, 3.63) is 29.0 Å². The smallest absolute Gasteiger partial charge is 0.308 e. The molecule has 2 rings (SSSR count). The summed E-state index contributed by atoms with van der Waals surface area (Å²) >= 11 is 5.97. The van der Waals surface area contributed by atoms with Crippen LogP contribution in [0.4, 0.5) is 4.39 Å². The van der Waals surface area contributed by atoms with Gasteiger partial charge in [0, 0.05) is 5.56 Å². The largest absolute Gasteiger partial charge is 0.481 e. The molecule has 20 heavy (non-hydrogen) atoms. The predicted octanol–water partition coefficient (Wildman–Crippen LogP) is 2.41. The fourth-order valence-electron chi connectivity index (χ4n) is 1.73. The Bertz CT molecular complexity index is 646. The first-order valence-corrected chi connectivity index (χ1v) is 6.25. The monoisotopic (exact) mass is 298 g/mol. The molecule has 1 aromatic heterocycles. The summed E-state index contributed by atoms with van der Waals surface area (Å²) in [6, 6.07) is 3.38. The van der Waals surface area contributed by atoms with E-state index in [-0.39, 0.29) is 5.02 Å². The van der Waals surface area contributed by atoms with Gasteiger partial charge < -0.3 is 5.11 Å². The van der Waals surface area contributed by atoms with E-state index < -0.39 is 23.7 Å². The van der Waals surface area contributed by atoms with E-state index in [2.05, 4.69) is 15.5 Å². The lowest BCUT2D eigenvalue weighted by atomic mass is 10.0. The molecule has 0 bridgehead atoms. The number of nitrogens with zero attached hydrogens (tertiary/aromatic N) is 4. The summed E-state index contributed by atoms with van der Waals surface area (Å²) in [7, 11) is 0. The molecule has 0 aliphatic heterocycles. The van der Waals surface area contributed by atoms with E-state index in [1.807, 2.05) is 0 Å². The summed E-state index contributed by atoms with van der Waals surface area (Å²) in [6.45, 7) is 3.25. The molecule has 2 atom stereocenters. The molecule has 0 aliphatic carbocycles. The van der Waals surface area contributed by atoms with E-state index in [4.69, 9.17) is 16.7 Å². The number of carboxylic acids is 1. The highest BCUT2D eigenvalue weighted by Gasteiger charge is 2.25. The Hall–Kier alpha value is -2.02. The van der Waals surface area contributed by atoms with Crippen molar-refractivity contribution >= 4 is 17.6 Å². The molecular weight excluding hydrogens is 287 g/mol. The Labute approximate surface area is 119 Å². The number of tetrazole rings is 1. The molecule has 2 unspecified atom stereocenters. The van der Waals surface area contributed by atoms with Crippen molar-refractivity contribution in [2.45, 2.75) is 19.9 Å². The van der Waals surface area contributed by atoms with Crippen LogP contribution in [0.15, 0.2) is 18.2 Å². The molecule has 1 aromatic carbocycles. The Morgan fingerprint density at radius 2 is 2.15 bits per heavy atom. The van der Waals surface area contributed by atoms with Gasteiger partial charge in [-0.1, -0.05) is 11.6 Å². The minimum Gasteiger partial charge on any atom is -0.481 e. The quantitative estimate of drug-likeness (QED) is 0.937. The molecule has 8 heteroatoms. The van der Waals surface area contributed by atoms with Crippen LogP contribution in [-0.2, 0) is 4.79 Å². The summed E-state index contributed by atoms with van der Waals surface area (Å²) in [4.78, 5) is 11.0. The van der Waals surface area contributed by atoms with Crippen LogP contribution < -0.4 is 0 Å². The highest BCUT2D eigenvalue weighted by atomic mass is 35.5. The van der Waals surface area contributed by atoms with Crippen LogP contribution in [0.2, 0.25) is 5.02 Å². The lowest BCUT2D eigenvalue weighted by Crippen LogP contribution is -2.23. The van der Waals surface area contributed by atoms with Gasteiger partial charge in [0.15, 0.2) is 5.82 Å². The maximum atomic E-state index is 13.1. The van der Waals surface area contributed by atoms with Gasteiger partial charge in [-0.25, -0.2) is 9.07 Å². The average molecular weight is 299 g/mol. The molecule has 0 amide bonds. The summed E-state index contributed by atoms with van der Waals surface area (Å²) in [5.41, 5.74) is 0.447. The number of benzene rings is 1. The third-order valence-electron chi connectivity index (χ3n) is 3.16. The third kappa shape index (κ3) is 2.62. The minimum absolute atomic E-state index is 0.163. The second kappa shape index (κ2) is 5.54. The Balaban J connectivity index is 2.45. The summed E-state index contributed by atoms with van der Waals surface area (Å²) in [6.07, 6.45) is 0. The molecule has 1 N–H and O–H groups in total. The van der Waals surface area contributed by atoms with E-state index >= 15 is 0 Å². The molecule has 0 spiro atoms. The van der Waals surface area contributed by atoms with Gasteiger partial charge in [0.2, 0.25) is 0 Å². The van der Waals surface area contributed by atoms with Gasteiger partial charge in [0.05, 0.1) is 17.0 Å². The van der Waals surface area contributed by atoms with Crippen molar-refractivity contribution in [1.82, 2.24) is 20.2 Å². The second-order valence-corrected chi connectivity index (χ2v) is 4.85. The first kappa shape index (κ1) is 14.4. The SMILES string of the molecule is CC(C(=O)O)C(C)n1nnnc1-c1ccc(F)cc1Cl. The van der Waals surface area contributed by atoms with Gasteiger partial charge in [-0.05, 0) is 42.5 Å². The van der Waals surface area contributed by atoms with E-state index in [1.54, 1.807) is 13.8 Å². The number of hydrogen-bond donors (Lipinski definition) is 1. The fraction of sp³-hybridized carbons (Fsp3) is 0.333. The maximum absolute atomic E-state index is 13.1. The fourth-order valence-corrected chi connectivity index (χ4v) is 1.99.